The lowest BCUT2D eigenvalue weighted by atomic mass is 10.3. The summed E-state index contributed by atoms with van der Waals surface area (Å²) in [5, 5.41) is 4.48. The highest BCUT2D eigenvalue weighted by molar-refractivity contribution is 6.39. The van der Waals surface area contributed by atoms with Crippen LogP contribution in [0.1, 0.15) is 5.56 Å². The van der Waals surface area contributed by atoms with Crippen molar-refractivity contribution in [1.29, 1.82) is 0 Å². The zero-order valence-electron chi connectivity index (χ0n) is 10.7. The molecule has 0 aliphatic rings. The molecule has 2 heterocycles. The number of rotatable bonds is 3. The molecule has 0 saturated heterocycles. The molecule has 2 rings (SSSR count). The number of nitrogens with one attached hydrogen (secondary N) is 4. The third kappa shape index (κ3) is 3.86. The van der Waals surface area contributed by atoms with Crippen LogP contribution in [0.25, 0.3) is 0 Å². The van der Waals surface area contributed by atoms with E-state index in [4.69, 9.17) is 0 Å². The van der Waals surface area contributed by atoms with Gasteiger partial charge in [0.25, 0.3) is 5.56 Å². The SMILES string of the molecule is O=C(NCc1ccncc1)C(=O)Nc1c[nH]c(=O)[nH]c1=O. The molecule has 2 amide bonds. The van der Waals surface area contributed by atoms with E-state index in [1.807, 2.05) is 4.98 Å². The van der Waals surface area contributed by atoms with Gasteiger partial charge in [0, 0.05) is 25.1 Å². The first-order valence-corrected chi connectivity index (χ1v) is 5.86. The minimum atomic E-state index is -1.01. The Labute approximate surface area is 117 Å². The van der Waals surface area contributed by atoms with Gasteiger partial charge >= 0.3 is 17.5 Å². The second-order valence-electron chi connectivity index (χ2n) is 3.98. The lowest BCUT2D eigenvalue weighted by molar-refractivity contribution is -0.136. The molecule has 0 aliphatic heterocycles. The number of H-pyrrole nitrogens is 2. The quantitative estimate of drug-likeness (QED) is 0.521. The maximum atomic E-state index is 11.6. The van der Waals surface area contributed by atoms with Crippen molar-refractivity contribution in [2.75, 3.05) is 5.32 Å². The highest BCUT2D eigenvalue weighted by Gasteiger charge is 2.14. The standard InChI is InChI=1S/C12H11N5O4/c18-9-8(6-15-12(21)17-9)16-11(20)10(19)14-5-7-1-3-13-4-2-7/h1-4,6H,5H2,(H,14,19)(H,16,20)(H2,15,17,18,21). The van der Waals surface area contributed by atoms with Crippen molar-refractivity contribution in [1.82, 2.24) is 20.3 Å². The summed E-state index contributed by atoms with van der Waals surface area (Å²) in [5.41, 5.74) is -0.958. The number of anilines is 1. The number of aromatic nitrogens is 3. The number of hydrogen-bond donors (Lipinski definition) is 4. The topological polar surface area (TPSA) is 137 Å². The van der Waals surface area contributed by atoms with E-state index in [2.05, 4.69) is 20.6 Å². The zero-order valence-corrected chi connectivity index (χ0v) is 10.7. The van der Waals surface area contributed by atoms with E-state index < -0.39 is 23.1 Å². The molecule has 4 N–H and O–H groups in total. The minimum absolute atomic E-state index is 0.150. The number of nitrogens with zero attached hydrogens (tertiary/aromatic N) is 1. The molecule has 108 valence electrons. The van der Waals surface area contributed by atoms with Gasteiger partial charge in [-0.05, 0) is 17.7 Å². The summed E-state index contributed by atoms with van der Waals surface area (Å²) in [6, 6.07) is 3.37. The summed E-state index contributed by atoms with van der Waals surface area (Å²) in [6.45, 7) is 0.150. The maximum absolute atomic E-state index is 11.6. The summed E-state index contributed by atoms with van der Waals surface area (Å²) in [5.74, 6) is -1.92. The Morgan fingerprint density at radius 1 is 1.14 bits per heavy atom. The largest absolute Gasteiger partial charge is 0.344 e. The number of pyridine rings is 1. The highest BCUT2D eigenvalue weighted by Crippen LogP contribution is 1.96. The van der Waals surface area contributed by atoms with Gasteiger partial charge in [0.15, 0.2) is 0 Å². The third-order valence-electron chi connectivity index (χ3n) is 2.48. The van der Waals surface area contributed by atoms with Gasteiger partial charge in [-0.3, -0.25) is 24.4 Å². The van der Waals surface area contributed by atoms with Crippen LogP contribution in [0.5, 0.6) is 0 Å². The van der Waals surface area contributed by atoms with Crippen molar-refractivity contribution in [2.45, 2.75) is 6.54 Å². The van der Waals surface area contributed by atoms with Crippen LogP contribution in [0.3, 0.4) is 0 Å². The molecule has 0 unspecified atom stereocenters. The van der Waals surface area contributed by atoms with Gasteiger partial charge < -0.3 is 15.6 Å². The molecule has 0 aliphatic carbocycles. The molecule has 0 radical (unpaired) electrons. The van der Waals surface area contributed by atoms with E-state index in [0.717, 1.165) is 11.8 Å². The van der Waals surface area contributed by atoms with Gasteiger partial charge in [0.05, 0.1) is 0 Å². The lowest BCUT2D eigenvalue weighted by Gasteiger charge is -2.05. The van der Waals surface area contributed by atoms with Crippen LogP contribution < -0.4 is 21.9 Å². The second-order valence-corrected chi connectivity index (χ2v) is 3.98. The van der Waals surface area contributed by atoms with Crippen molar-refractivity contribution < 1.29 is 9.59 Å². The molecule has 0 fully saturated rings. The van der Waals surface area contributed by atoms with E-state index >= 15 is 0 Å². The Morgan fingerprint density at radius 2 is 1.86 bits per heavy atom. The monoisotopic (exact) mass is 289 g/mol. The first kappa shape index (κ1) is 14.2. The summed E-state index contributed by atoms with van der Waals surface area (Å²) in [7, 11) is 0. The smallest absolute Gasteiger partial charge is 0.325 e. The third-order valence-corrected chi connectivity index (χ3v) is 2.48. The Morgan fingerprint density at radius 3 is 2.52 bits per heavy atom. The average Bonchev–Trinajstić information content (AvgIpc) is 2.48. The summed E-state index contributed by atoms with van der Waals surface area (Å²) in [4.78, 5) is 53.2. The van der Waals surface area contributed by atoms with Crippen molar-refractivity contribution in [3.63, 3.8) is 0 Å². The van der Waals surface area contributed by atoms with Crippen LogP contribution >= 0.6 is 0 Å². The number of carbonyl (C=O) groups is 2. The van der Waals surface area contributed by atoms with Gasteiger partial charge in [-0.1, -0.05) is 0 Å². The molecular formula is C12H11N5O4. The van der Waals surface area contributed by atoms with Crippen molar-refractivity contribution >= 4 is 17.5 Å². The highest BCUT2D eigenvalue weighted by atomic mass is 16.2. The molecule has 9 heteroatoms. The molecule has 0 spiro atoms. The van der Waals surface area contributed by atoms with Gasteiger partial charge in [-0.2, -0.15) is 0 Å². The molecule has 0 aromatic carbocycles. The zero-order chi connectivity index (χ0) is 15.2. The number of aromatic amines is 2. The number of amides is 2. The average molecular weight is 289 g/mol. The molecule has 2 aromatic heterocycles. The molecule has 0 atom stereocenters. The van der Waals surface area contributed by atoms with E-state index in [-0.39, 0.29) is 12.2 Å². The van der Waals surface area contributed by atoms with Crippen LogP contribution in [0.15, 0.2) is 40.3 Å². The van der Waals surface area contributed by atoms with Crippen LogP contribution in [0, 0.1) is 0 Å². The van der Waals surface area contributed by atoms with Gasteiger partial charge in [-0.15, -0.1) is 0 Å². The molecular weight excluding hydrogens is 278 g/mol. The van der Waals surface area contributed by atoms with Gasteiger partial charge in [-0.25, -0.2) is 4.79 Å². The van der Waals surface area contributed by atoms with Crippen molar-refractivity contribution in [3.05, 3.63) is 57.1 Å². The maximum Gasteiger partial charge on any atom is 0.325 e. The second kappa shape index (κ2) is 6.28. The Balaban J connectivity index is 1.95. The first-order chi connectivity index (χ1) is 10.1. The van der Waals surface area contributed by atoms with E-state index in [1.165, 1.54) is 0 Å². The number of carbonyl (C=O) groups excluding carboxylic acids is 2. The summed E-state index contributed by atoms with van der Waals surface area (Å²) < 4.78 is 0. The van der Waals surface area contributed by atoms with Crippen LogP contribution in [0.4, 0.5) is 5.69 Å². The summed E-state index contributed by atoms with van der Waals surface area (Å²) >= 11 is 0. The normalized spacial score (nSPS) is 9.90. The Bertz CT molecular complexity index is 765. The van der Waals surface area contributed by atoms with Crippen molar-refractivity contribution in [2.24, 2.45) is 0 Å². The van der Waals surface area contributed by atoms with E-state index in [9.17, 15) is 19.2 Å². The predicted molar refractivity (Wildman–Crippen MR) is 72.4 cm³/mol. The lowest BCUT2D eigenvalue weighted by Crippen LogP contribution is -2.37. The van der Waals surface area contributed by atoms with E-state index in [0.29, 0.717) is 0 Å². The van der Waals surface area contributed by atoms with Crippen LogP contribution in [-0.4, -0.2) is 26.8 Å². The fourth-order valence-corrected chi connectivity index (χ4v) is 1.44. The Kier molecular flexibility index (Phi) is 4.24. The van der Waals surface area contributed by atoms with Gasteiger partial charge in [0.2, 0.25) is 0 Å². The molecule has 21 heavy (non-hydrogen) atoms. The number of hydrogen-bond acceptors (Lipinski definition) is 5. The molecule has 0 saturated carbocycles. The first-order valence-electron chi connectivity index (χ1n) is 5.86. The van der Waals surface area contributed by atoms with Crippen LogP contribution in [0.2, 0.25) is 0 Å². The van der Waals surface area contributed by atoms with Crippen LogP contribution in [-0.2, 0) is 16.1 Å². The Hall–Kier alpha value is -3.23. The predicted octanol–water partition coefficient (Wildman–Crippen LogP) is -1.29. The molecule has 2 aromatic rings. The summed E-state index contributed by atoms with van der Waals surface area (Å²) in [6.07, 6.45) is 4.12. The molecule has 0 bridgehead atoms. The van der Waals surface area contributed by atoms with Gasteiger partial charge in [0.1, 0.15) is 5.69 Å². The fraction of sp³-hybridized carbons (Fsp3) is 0.0833. The van der Waals surface area contributed by atoms with E-state index in [1.54, 1.807) is 24.5 Å². The fourth-order valence-electron chi connectivity index (χ4n) is 1.44. The minimum Gasteiger partial charge on any atom is -0.344 e. The molecule has 9 nitrogen and oxygen atoms in total. The van der Waals surface area contributed by atoms with Crippen molar-refractivity contribution in [3.8, 4) is 0 Å².